The van der Waals surface area contributed by atoms with Crippen molar-refractivity contribution >= 4 is 11.6 Å². The number of hydrogen-bond donors (Lipinski definition) is 2. The second-order valence-corrected chi connectivity index (χ2v) is 4.55. The number of rotatable bonds is 4. The molecular weight excluding hydrogens is 289 g/mol. The molecule has 0 heterocycles. The molecule has 0 saturated heterocycles. The molecule has 0 radical (unpaired) electrons. The highest BCUT2D eigenvalue weighted by Crippen LogP contribution is 2.26. The van der Waals surface area contributed by atoms with Gasteiger partial charge in [-0.1, -0.05) is 5.16 Å². The Balaban J connectivity index is 1.89. The van der Waals surface area contributed by atoms with E-state index in [1.165, 1.54) is 0 Å². The third-order valence-corrected chi connectivity index (χ3v) is 3.00. The minimum atomic E-state index is -4.44. The van der Waals surface area contributed by atoms with Crippen LogP contribution in [0, 0.1) is 0 Å². The molecule has 1 aliphatic carbocycles. The molecule has 8 heteroatoms. The number of carbonyl (C=O) groups excluding carboxylic acids is 1. The summed E-state index contributed by atoms with van der Waals surface area (Å²) in [6, 6.07) is 4.96. The Labute approximate surface area is 118 Å². The van der Waals surface area contributed by atoms with Gasteiger partial charge < -0.3 is 15.3 Å². The van der Waals surface area contributed by atoms with Gasteiger partial charge in [-0.3, -0.25) is 4.79 Å². The molecule has 0 spiro atoms. The van der Waals surface area contributed by atoms with Gasteiger partial charge in [0.2, 0.25) is 0 Å². The number of amides is 1. The second-order valence-electron chi connectivity index (χ2n) is 4.55. The van der Waals surface area contributed by atoms with Crippen LogP contribution in [0.2, 0.25) is 0 Å². The molecule has 114 valence electrons. The predicted octanol–water partition coefficient (Wildman–Crippen LogP) is 1.87. The van der Waals surface area contributed by atoms with E-state index in [1.54, 1.807) is 23.5 Å². The molecular formula is C13H13F3N2O3. The van der Waals surface area contributed by atoms with E-state index in [0.29, 0.717) is 24.3 Å². The topological polar surface area (TPSA) is 70.9 Å². The van der Waals surface area contributed by atoms with Crippen molar-refractivity contribution in [1.29, 1.82) is 0 Å². The number of carbonyl (C=O) groups is 1. The molecule has 0 atom stereocenters. The number of nitrogens with zero attached hydrogens (tertiary/aromatic N) is 1. The first-order chi connectivity index (χ1) is 9.89. The van der Waals surface area contributed by atoms with Crippen molar-refractivity contribution in [2.75, 3.05) is 13.2 Å². The maximum atomic E-state index is 11.9. The van der Waals surface area contributed by atoms with E-state index in [2.05, 4.69) is 5.16 Å². The molecule has 2 rings (SSSR count). The normalized spacial score (nSPS) is 15.9. The Morgan fingerprint density at radius 2 is 2.14 bits per heavy atom. The summed E-state index contributed by atoms with van der Waals surface area (Å²) in [5.41, 5.74) is 2.31. The van der Waals surface area contributed by atoms with Gasteiger partial charge in [0.15, 0.2) is 6.61 Å². The van der Waals surface area contributed by atoms with E-state index in [1.807, 2.05) is 0 Å². The molecule has 1 aliphatic rings. The van der Waals surface area contributed by atoms with E-state index in [-0.39, 0.29) is 0 Å². The summed E-state index contributed by atoms with van der Waals surface area (Å²) in [5, 5.41) is 13.7. The number of hydrogen-bond acceptors (Lipinski definition) is 4. The number of ether oxygens (including phenoxy) is 1. The number of nitrogens with one attached hydrogen (secondary N) is 1. The Morgan fingerprint density at radius 1 is 1.38 bits per heavy atom. The third kappa shape index (κ3) is 4.11. The van der Waals surface area contributed by atoms with Crippen LogP contribution in [-0.4, -0.2) is 36.2 Å². The van der Waals surface area contributed by atoms with Gasteiger partial charge in [-0.15, -0.1) is 0 Å². The lowest BCUT2D eigenvalue weighted by Gasteiger charge is -2.10. The summed E-state index contributed by atoms with van der Waals surface area (Å²) in [5.74, 6) is -0.458. The predicted molar refractivity (Wildman–Crippen MR) is 67.6 cm³/mol. The van der Waals surface area contributed by atoms with Crippen LogP contribution in [0.5, 0.6) is 5.75 Å². The minimum Gasteiger partial charge on any atom is -0.484 e. The molecule has 5 nitrogen and oxygen atoms in total. The highest BCUT2D eigenvalue weighted by atomic mass is 19.4. The Bertz CT molecular complexity index is 570. The van der Waals surface area contributed by atoms with Gasteiger partial charge in [0, 0.05) is 5.56 Å². The second kappa shape index (κ2) is 6.02. The van der Waals surface area contributed by atoms with Gasteiger partial charge in [0.1, 0.15) is 12.3 Å². The zero-order valence-electron chi connectivity index (χ0n) is 10.9. The smallest absolute Gasteiger partial charge is 0.405 e. The van der Waals surface area contributed by atoms with Crippen molar-refractivity contribution in [3.63, 3.8) is 0 Å². The van der Waals surface area contributed by atoms with Gasteiger partial charge in [-0.05, 0) is 36.6 Å². The fraction of sp³-hybridized carbons (Fsp3) is 0.385. The SMILES string of the molecule is O=C(COc1ccc2c(c1)CC/C2=N/O)NCC(F)(F)F. The van der Waals surface area contributed by atoms with Crippen LogP contribution >= 0.6 is 0 Å². The van der Waals surface area contributed by atoms with Crippen molar-refractivity contribution in [3.8, 4) is 5.75 Å². The summed E-state index contributed by atoms with van der Waals surface area (Å²) in [6.07, 6.45) is -3.14. The summed E-state index contributed by atoms with van der Waals surface area (Å²) < 4.78 is 40.9. The van der Waals surface area contributed by atoms with Gasteiger partial charge in [0.25, 0.3) is 5.91 Å². The molecule has 1 aromatic rings. The average molecular weight is 302 g/mol. The van der Waals surface area contributed by atoms with Crippen LogP contribution in [0.3, 0.4) is 0 Å². The number of benzene rings is 1. The third-order valence-electron chi connectivity index (χ3n) is 3.00. The first kappa shape index (κ1) is 15.1. The molecule has 0 aromatic heterocycles. The van der Waals surface area contributed by atoms with Crippen LogP contribution in [0.25, 0.3) is 0 Å². The fourth-order valence-electron chi connectivity index (χ4n) is 2.04. The van der Waals surface area contributed by atoms with Gasteiger partial charge >= 0.3 is 6.18 Å². The highest BCUT2D eigenvalue weighted by molar-refractivity contribution is 6.04. The van der Waals surface area contributed by atoms with E-state index >= 15 is 0 Å². The minimum absolute atomic E-state index is 0.384. The number of fused-ring (bicyclic) bond motifs is 1. The van der Waals surface area contributed by atoms with Crippen LogP contribution in [-0.2, 0) is 11.2 Å². The number of oxime groups is 1. The van der Waals surface area contributed by atoms with E-state index in [0.717, 1.165) is 11.1 Å². The zero-order valence-corrected chi connectivity index (χ0v) is 10.9. The van der Waals surface area contributed by atoms with Crippen molar-refractivity contribution in [1.82, 2.24) is 5.32 Å². The molecule has 2 N–H and O–H groups in total. The van der Waals surface area contributed by atoms with Crippen molar-refractivity contribution < 1.29 is 27.9 Å². The van der Waals surface area contributed by atoms with Gasteiger partial charge in [-0.2, -0.15) is 13.2 Å². The molecule has 0 unspecified atom stereocenters. The molecule has 0 saturated carbocycles. The monoisotopic (exact) mass is 302 g/mol. The van der Waals surface area contributed by atoms with Gasteiger partial charge in [-0.25, -0.2) is 0 Å². The average Bonchev–Trinajstić information content (AvgIpc) is 2.84. The Hall–Kier alpha value is -2.25. The molecule has 21 heavy (non-hydrogen) atoms. The molecule has 0 bridgehead atoms. The van der Waals surface area contributed by atoms with Crippen LogP contribution in [0.1, 0.15) is 17.5 Å². The van der Waals surface area contributed by atoms with Crippen LogP contribution < -0.4 is 10.1 Å². The Morgan fingerprint density at radius 3 is 2.81 bits per heavy atom. The largest absolute Gasteiger partial charge is 0.484 e. The number of aryl methyl sites for hydroxylation is 1. The summed E-state index contributed by atoms with van der Waals surface area (Å²) in [7, 11) is 0. The standard InChI is InChI=1S/C13H13F3N2O3/c14-13(15,16)7-17-12(19)6-21-9-2-3-10-8(5-9)1-4-11(10)18-20/h2-3,5,20H,1,4,6-7H2,(H,17,19)/b18-11-. The summed E-state index contributed by atoms with van der Waals surface area (Å²) in [4.78, 5) is 11.2. The first-order valence-corrected chi connectivity index (χ1v) is 6.19. The first-order valence-electron chi connectivity index (χ1n) is 6.19. The summed E-state index contributed by atoms with van der Waals surface area (Å²) in [6.45, 7) is -1.87. The maximum absolute atomic E-state index is 11.9. The van der Waals surface area contributed by atoms with Gasteiger partial charge in [0.05, 0.1) is 5.71 Å². The zero-order chi connectivity index (χ0) is 15.5. The lowest BCUT2D eigenvalue weighted by molar-refractivity contribution is -0.139. The lowest BCUT2D eigenvalue weighted by Crippen LogP contribution is -2.36. The lowest BCUT2D eigenvalue weighted by atomic mass is 10.1. The van der Waals surface area contributed by atoms with Crippen molar-refractivity contribution in [2.45, 2.75) is 19.0 Å². The Kier molecular flexibility index (Phi) is 4.35. The van der Waals surface area contributed by atoms with E-state index in [4.69, 9.17) is 9.94 Å². The highest BCUT2D eigenvalue weighted by Gasteiger charge is 2.27. The van der Waals surface area contributed by atoms with Crippen molar-refractivity contribution in [3.05, 3.63) is 29.3 Å². The molecule has 0 fully saturated rings. The number of alkyl halides is 3. The molecule has 0 aliphatic heterocycles. The quantitative estimate of drug-likeness (QED) is 0.659. The van der Waals surface area contributed by atoms with Crippen molar-refractivity contribution in [2.24, 2.45) is 5.16 Å². The fourth-order valence-corrected chi connectivity index (χ4v) is 2.04. The van der Waals surface area contributed by atoms with Crippen LogP contribution in [0.15, 0.2) is 23.4 Å². The van der Waals surface area contributed by atoms with Crippen LogP contribution in [0.4, 0.5) is 13.2 Å². The summed E-state index contributed by atoms with van der Waals surface area (Å²) >= 11 is 0. The molecule has 1 amide bonds. The van der Waals surface area contributed by atoms with E-state index < -0.39 is 25.2 Å². The van der Waals surface area contributed by atoms with E-state index in [9.17, 15) is 18.0 Å². The number of halogens is 3. The molecule has 1 aromatic carbocycles. The maximum Gasteiger partial charge on any atom is 0.405 e.